The van der Waals surface area contributed by atoms with Crippen LogP contribution in [0.15, 0.2) is 47.5 Å². The molecule has 5 nitrogen and oxygen atoms in total. The Balaban J connectivity index is 1.67. The van der Waals surface area contributed by atoms with Crippen molar-refractivity contribution in [3.8, 4) is 0 Å². The number of amides is 1. The molecule has 2 aromatic rings. The highest BCUT2D eigenvalue weighted by Crippen LogP contribution is 2.47. The highest BCUT2D eigenvalue weighted by Gasteiger charge is 2.50. The summed E-state index contributed by atoms with van der Waals surface area (Å²) in [5.41, 5.74) is -0.826. The molecular formula is C29H32F4N2O3. The van der Waals surface area contributed by atoms with Crippen LogP contribution in [0.1, 0.15) is 75.1 Å². The number of aliphatic imine (C=N–C) groups is 1. The van der Waals surface area contributed by atoms with Crippen molar-refractivity contribution in [1.29, 1.82) is 0 Å². The maximum atomic E-state index is 14.8. The van der Waals surface area contributed by atoms with Gasteiger partial charge in [-0.25, -0.2) is 4.39 Å². The minimum absolute atomic E-state index is 0.0103. The molecule has 0 atom stereocenters. The Morgan fingerprint density at radius 2 is 1.79 bits per heavy atom. The second kappa shape index (κ2) is 10.2. The van der Waals surface area contributed by atoms with Crippen molar-refractivity contribution in [2.24, 2.45) is 16.3 Å². The van der Waals surface area contributed by atoms with Gasteiger partial charge in [0.15, 0.2) is 0 Å². The Labute approximate surface area is 219 Å². The van der Waals surface area contributed by atoms with E-state index in [1.54, 1.807) is 11.0 Å². The highest BCUT2D eigenvalue weighted by molar-refractivity contribution is 6.46. The summed E-state index contributed by atoms with van der Waals surface area (Å²) < 4.78 is 54.9. The van der Waals surface area contributed by atoms with Crippen molar-refractivity contribution in [2.45, 2.75) is 77.7 Å². The molecule has 1 N–H and O–H groups in total. The summed E-state index contributed by atoms with van der Waals surface area (Å²) in [5.74, 6) is -1.65. The normalized spacial score (nSPS) is 22.2. The first kappa shape index (κ1) is 27.8. The van der Waals surface area contributed by atoms with E-state index in [0.29, 0.717) is 24.3 Å². The second-order valence-corrected chi connectivity index (χ2v) is 11.4. The van der Waals surface area contributed by atoms with Crippen molar-refractivity contribution in [2.75, 3.05) is 0 Å². The molecule has 1 heterocycles. The maximum Gasteiger partial charge on any atom is 0.416 e. The van der Waals surface area contributed by atoms with Gasteiger partial charge in [0.25, 0.3) is 5.91 Å². The molecule has 0 aromatic heterocycles. The van der Waals surface area contributed by atoms with Crippen LogP contribution >= 0.6 is 0 Å². The molecule has 38 heavy (non-hydrogen) atoms. The Morgan fingerprint density at radius 1 is 1.11 bits per heavy atom. The number of nitrogens with zero attached hydrogens (tertiary/aromatic N) is 2. The van der Waals surface area contributed by atoms with E-state index in [0.717, 1.165) is 25.0 Å². The summed E-state index contributed by atoms with van der Waals surface area (Å²) in [6, 6.07) is 9.11. The lowest BCUT2D eigenvalue weighted by Gasteiger charge is -2.44. The number of carbonyl (C=O) groups excluding carboxylic acids is 1. The molecule has 1 fully saturated rings. The zero-order valence-electron chi connectivity index (χ0n) is 21.7. The third kappa shape index (κ3) is 5.76. The van der Waals surface area contributed by atoms with Gasteiger partial charge in [-0.3, -0.25) is 14.6 Å². The van der Waals surface area contributed by atoms with Crippen molar-refractivity contribution >= 4 is 17.6 Å². The number of hydrogen-bond donors (Lipinski definition) is 1. The number of hydrogen-bond acceptors (Lipinski definition) is 3. The van der Waals surface area contributed by atoms with Crippen molar-refractivity contribution in [3.63, 3.8) is 0 Å². The molecule has 2 aliphatic rings. The standard InChI is InChI=1S/C29H32F4N2O3/c1-27(2,3)21-11-13-28(14-12-21)34-25(20-5-4-6-22(16-20)29(31,32)33)26(38)35(28)17-18-7-8-19(23(30)15-18)9-10-24(36)37/h4-8,15-16,21H,9-14,17H2,1-3H3,(H,36,37). The quantitative estimate of drug-likeness (QED) is 0.425. The zero-order valence-corrected chi connectivity index (χ0v) is 21.7. The smallest absolute Gasteiger partial charge is 0.416 e. The topological polar surface area (TPSA) is 70.0 Å². The fourth-order valence-electron chi connectivity index (χ4n) is 5.53. The number of aryl methyl sites for hydroxylation is 1. The van der Waals surface area contributed by atoms with E-state index in [4.69, 9.17) is 10.1 Å². The van der Waals surface area contributed by atoms with Gasteiger partial charge in [0, 0.05) is 18.5 Å². The summed E-state index contributed by atoms with van der Waals surface area (Å²) in [7, 11) is 0. The van der Waals surface area contributed by atoms with Crippen LogP contribution in [0.25, 0.3) is 0 Å². The maximum absolute atomic E-state index is 14.8. The summed E-state index contributed by atoms with van der Waals surface area (Å²) in [6.07, 6.45) is -1.99. The van der Waals surface area contributed by atoms with Gasteiger partial charge in [-0.2, -0.15) is 13.2 Å². The van der Waals surface area contributed by atoms with E-state index in [1.165, 1.54) is 24.3 Å². The first-order valence-electron chi connectivity index (χ1n) is 12.8. The van der Waals surface area contributed by atoms with Crippen LogP contribution in [-0.4, -0.2) is 33.3 Å². The van der Waals surface area contributed by atoms with E-state index in [-0.39, 0.29) is 41.6 Å². The first-order chi connectivity index (χ1) is 17.7. The number of carbonyl (C=O) groups is 2. The predicted octanol–water partition coefficient (Wildman–Crippen LogP) is 6.63. The zero-order chi connectivity index (χ0) is 27.9. The Morgan fingerprint density at radius 3 is 2.37 bits per heavy atom. The number of alkyl halides is 3. The molecule has 0 bridgehead atoms. The fraction of sp³-hybridized carbons (Fsp3) is 0.483. The van der Waals surface area contributed by atoms with Crippen LogP contribution < -0.4 is 0 Å². The van der Waals surface area contributed by atoms with E-state index >= 15 is 0 Å². The largest absolute Gasteiger partial charge is 0.481 e. The third-order valence-electron chi connectivity index (χ3n) is 7.81. The Kier molecular flexibility index (Phi) is 7.43. The Bertz CT molecular complexity index is 1260. The SMILES string of the molecule is CC(C)(C)C1CCC2(CC1)N=C(c1cccc(C(F)(F)F)c1)C(=O)N2Cc1ccc(CCC(=O)O)c(F)c1. The van der Waals surface area contributed by atoms with Crippen LogP contribution in [0.5, 0.6) is 0 Å². The number of rotatable bonds is 6. The summed E-state index contributed by atoms with van der Waals surface area (Å²) in [4.78, 5) is 30.9. The lowest BCUT2D eigenvalue weighted by atomic mass is 9.69. The van der Waals surface area contributed by atoms with Crippen LogP contribution in [0.3, 0.4) is 0 Å². The van der Waals surface area contributed by atoms with Gasteiger partial charge in [-0.15, -0.1) is 0 Å². The molecule has 9 heteroatoms. The van der Waals surface area contributed by atoms with Crippen molar-refractivity contribution in [1.82, 2.24) is 4.90 Å². The summed E-state index contributed by atoms with van der Waals surface area (Å²) >= 11 is 0. The predicted molar refractivity (Wildman–Crippen MR) is 135 cm³/mol. The molecule has 1 saturated carbocycles. The monoisotopic (exact) mass is 532 g/mol. The number of halogens is 4. The van der Waals surface area contributed by atoms with Gasteiger partial charge in [0.05, 0.1) is 5.56 Å². The molecule has 204 valence electrons. The average Bonchev–Trinajstić information content (AvgIpc) is 3.09. The molecule has 0 radical (unpaired) electrons. The minimum atomic E-state index is -4.56. The molecule has 1 amide bonds. The second-order valence-electron chi connectivity index (χ2n) is 11.4. The fourth-order valence-corrected chi connectivity index (χ4v) is 5.53. The first-order valence-corrected chi connectivity index (χ1v) is 12.8. The molecule has 1 spiro atoms. The van der Waals surface area contributed by atoms with Gasteiger partial charge in [-0.1, -0.05) is 45.0 Å². The number of carboxylic acid groups (broad SMARTS) is 1. The lowest BCUT2D eigenvalue weighted by Crippen LogP contribution is -2.49. The molecule has 1 aliphatic heterocycles. The number of aliphatic carboxylic acids is 1. The minimum Gasteiger partial charge on any atom is -0.481 e. The molecule has 0 unspecified atom stereocenters. The molecule has 4 rings (SSSR count). The third-order valence-corrected chi connectivity index (χ3v) is 7.81. The van der Waals surface area contributed by atoms with Crippen LogP contribution in [-0.2, 0) is 28.7 Å². The Hall–Kier alpha value is -3.23. The van der Waals surface area contributed by atoms with Gasteiger partial charge in [0.1, 0.15) is 17.2 Å². The summed E-state index contributed by atoms with van der Waals surface area (Å²) in [6.45, 7) is 6.54. The molecule has 1 aliphatic carbocycles. The molecule has 2 aromatic carbocycles. The number of benzene rings is 2. The average molecular weight is 533 g/mol. The van der Waals surface area contributed by atoms with Crippen LogP contribution in [0.2, 0.25) is 0 Å². The van der Waals surface area contributed by atoms with Crippen molar-refractivity contribution in [3.05, 3.63) is 70.5 Å². The van der Waals surface area contributed by atoms with Crippen LogP contribution in [0.4, 0.5) is 17.6 Å². The van der Waals surface area contributed by atoms with Gasteiger partial charge in [0.2, 0.25) is 0 Å². The lowest BCUT2D eigenvalue weighted by molar-refractivity contribution is -0.138. The van der Waals surface area contributed by atoms with E-state index in [9.17, 15) is 27.2 Å². The molecular weight excluding hydrogens is 500 g/mol. The van der Waals surface area contributed by atoms with E-state index < -0.39 is 35.1 Å². The molecule has 0 saturated heterocycles. The number of carboxylic acids is 1. The summed E-state index contributed by atoms with van der Waals surface area (Å²) in [5, 5.41) is 8.89. The van der Waals surface area contributed by atoms with E-state index in [1.807, 2.05) is 0 Å². The van der Waals surface area contributed by atoms with Crippen LogP contribution in [0, 0.1) is 17.2 Å². The highest BCUT2D eigenvalue weighted by atomic mass is 19.4. The van der Waals surface area contributed by atoms with E-state index in [2.05, 4.69) is 20.8 Å². The van der Waals surface area contributed by atoms with Crippen molar-refractivity contribution < 1.29 is 32.3 Å². The van der Waals surface area contributed by atoms with Gasteiger partial charge >= 0.3 is 12.1 Å². The van der Waals surface area contributed by atoms with Gasteiger partial charge < -0.3 is 10.0 Å². The van der Waals surface area contributed by atoms with Gasteiger partial charge in [-0.05, 0) is 72.8 Å².